The number of quaternary nitrogens is 2. The minimum absolute atomic E-state index is 0.0213. The Balaban J connectivity index is 0.000000262. The number of benzene rings is 10. The van der Waals surface area contributed by atoms with Crippen LogP contribution in [0, 0.1) is 186 Å². The molecule has 0 unspecified atom stereocenters. The van der Waals surface area contributed by atoms with Gasteiger partial charge in [0.25, 0.3) is 0 Å². The Hall–Kier alpha value is -12.1. The number of nitrogens with zero attached hydrogens (tertiary/aromatic N) is 1. The van der Waals surface area contributed by atoms with Gasteiger partial charge < -0.3 is 4.90 Å². The number of halogens is 32. The van der Waals surface area contributed by atoms with Gasteiger partial charge in [-0.25, -0.2) is 140 Å². The predicted molar refractivity (Wildman–Crippen MR) is 384 cm³/mol. The zero-order chi connectivity index (χ0) is 88.7. The molecule has 10 aromatic carbocycles. The van der Waals surface area contributed by atoms with Crippen molar-refractivity contribution in [1.82, 2.24) is 4.48 Å². The highest BCUT2D eigenvalue weighted by atomic mass is 19.2. The molecule has 0 spiro atoms. The van der Waals surface area contributed by atoms with Crippen molar-refractivity contribution in [1.29, 1.82) is 0 Å². The van der Waals surface area contributed by atoms with Gasteiger partial charge in [0.1, 0.15) is 117 Å². The average molecular weight is 1680 g/mol. The fourth-order valence-electron chi connectivity index (χ4n) is 13.2. The van der Waals surface area contributed by atoms with E-state index in [-0.39, 0.29) is 48.6 Å². The van der Waals surface area contributed by atoms with Gasteiger partial charge in [-0.3, -0.25) is 4.48 Å². The van der Waals surface area contributed by atoms with Crippen LogP contribution < -0.4 is 53.1 Å². The molecule has 0 aliphatic rings. The first-order chi connectivity index (χ1) is 54.6. The first-order valence-electron chi connectivity index (χ1n) is 32.6. The largest absolute Gasteiger partial charge is 0.307 e. The van der Waals surface area contributed by atoms with Crippen LogP contribution in [0.5, 0.6) is 0 Å². The molecular weight excluding hydrogens is 1630 g/mol. The molecule has 0 amide bonds. The molecule has 0 aromatic heterocycles. The van der Waals surface area contributed by atoms with Crippen molar-refractivity contribution in [2.24, 2.45) is 0 Å². The Morgan fingerprint density at radius 1 is 0.205 bits per heavy atom. The van der Waals surface area contributed by atoms with Crippen molar-refractivity contribution in [3.05, 3.63) is 344 Å². The zero-order valence-corrected chi connectivity index (χ0v) is 60.2. The smallest absolute Gasteiger partial charge is 0.165 e. The molecule has 0 atom stereocenters. The first-order valence-corrected chi connectivity index (χ1v) is 32.6. The third kappa shape index (κ3) is 14.8. The summed E-state index contributed by atoms with van der Waals surface area (Å²) in [5.74, 6) is -95.0. The lowest BCUT2D eigenvalue weighted by Gasteiger charge is -2.45. The van der Waals surface area contributed by atoms with E-state index in [0.29, 0.717) is 0 Å². The maximum atomic E-state index is 16.1. The highest BCUT2D eigenvalue weighted by Crippen LogP contribution is 2.37. The topological polar surface area (TPSA) is 4.44 Å². The van der Waals surface area contributed by atoms with E-state index in [2.05, 4.69) is 136 Å². The van der Waals surface area contributed by atoms with Gasteiger partial charge >= 0.3 is 0 Å². The fourth-order valence-corrected chi connectivity index (χ4v) is 13.2. The van der Waals surface area contributed by atoms with Gasteiger partial charge in [-0.05, 0) is 24.3 Å². The van der Waals surface area contributed by atoms with Crippen LogP contribution in [-0.2, 0) is 0 Å². The Morgan fingerprint density at radius 3 is 0.410 bits per heavy atom. The zero-order valence-electron chi connectivity index (χ0n) is 60.2. The maximum Gasteiger partial charge on any atom is 0.165 e. The molecule has 614 valence electrons. The van der Waals surface area contributed by atoms with Crippen molar-refractivity contribution in [2.45, 2.75) is 0 Å². The van der Waals surface area contributed by atoms with Crippen LogP contribution in [0.15, 0.2) is 113 Å². The van der Waals surface area contributed by atoms with Crippen LogP contribution >= 0.6 is 0 Å². The summed E-state index contributed by atoms with van der Waals surface area (Å²) in [5, 5.41) is 0. The number of nitrogens with one attached hydrogen (secondary N) is 1. The van der Waals surface area contributed by atoms with Gasteiger partial charge in [0.05, 0.1) is 79.7 Å². The van der Waals surface area contributed by atoms with Gasteiger partial charge in [-0.15, -0.1) is 43.7 Å². The lowest BCUT2D eigenvalue weighted by atomic mass is 9.12. The number of para-hydroxylation sites is 2. The van der Waals surface area contributed by atoms with E-state index >= 15 is 140 Å². The molecule has 0 radical (unpaired) electrons. The number of hydrogen-bond donors (Lipinski definition) is 1. The van der Waals surface area contributed by atoms with Crippen molar-refractivity contribution in [3.63, 3.8) is 0 Å². The summed E-state index contributed by atoms with van der Waals surface area (Å²) in [7, 11) is 10.7. The average Bonchev–Trinajstić information content (AvgIpc) is 0.684. The lowest BCUT2D eigenvalue weighted by molar-refractivity contribution is -0.786. The molecule has 0 saturated heterocycles. The monoisotopic (exact) mass is 1680 g/mol. The lowest BCUT2D eigenvalue weighted by Crippen LogP contribution is -3.00. The SMILES string of the molecule is C=Cc1c(F)c(F)c([B-](c2c(F)c(F)c(C=C)c(F)c2F)(c2c(F)c(F)c(C=C)c(F)c2F)c2c(F)c(F)c(C=C)c(F)c2F)c(F)c1F.C=Cc1c(F)c(F)c([B-](c2c(F)c(F)c(C=C)c(F)c2F)(c2c(F)c(F)c(C=C)c(F)c2F)c2c(F)c(F)c(C=C)c(F)c2F)c(F)c1F.C[N+](C)(C)c1ccccc1.C[NH+](C)c1ccccc1. The van der Waals surface area contributed by atoms with E-state index in [0.717, 1.165) is 4.48 Å². The van der Waals surface area contributed by atoms with Crippen LogP contribution in [-0.4, -0.2) is 47.5 Å². The summed E-state index contributed by atoms with van der Waals surface area (Å²) in [6, 6.07) is 20.8. The second-order valence-corrected chi connectivity index (χ2v) is 25.7. The molecule has 0 saturated carbocycles. The number of hydrogen-bond acceptors (Lipinski definition) is 0. The van der Waals surface area contributed by atoms with Gasteiger partial charge in [-0.1, -0.05) is 138 Å². The van der Waals surface area contributed by atoms with Crippen LogP contribution in [0.4, 0.5) is 152 Å². The van der Waals surface area contributed by atoms with Crippen molar-refractivity contribution in [3.8, 4) is 0 Å². The molecule has 10 aromatic rings. The summed E-state index contributed by atoms with van der Waals surface area (Å²) < 4.78 is 504. The summed E-state index contributed by atoms with van der Waals surface area (Å²) >= 11 is 0. The molecule has 0 aliphatic heterocycles. The standard InChI is InChI=1S/2C32H12BF16.C9H14N.C8H11N/c2*1-5-9-17(34)25(42)13(26(43)18(9)35)33(14-27(44)19(36)10(6-2)20(37)28(14)45,15-29(46)21(38)11(7-3)22(39)30(15)47)16-31(48)23(40)12(8-4)24(41)32(16)49;1-10(2,3)9-7-5-4-6-8-9;1-9(2)8-6-4-3-5-7-8/h2*5-8H,1-4H2;4-8H,1-3H3;3-7H,1-2H3/q2*-1;+1;/p+1. The first kappa shape index (κ1) is 92.1. The third-order valence-corrected chi connectivity index (χ3v) is 18.6. The molecule has 0 bridgehead atoms. The maximum absolute atomic E-state index is 16.1. The van der Waals surface area contributed by atoms with Gasteiger partial charge in [0.2, 0.25) is 0 Å². The van der Waals surface area contributed by atoms with Crippen LogP contribution in [0.2, 0.25) is 0 Å². The highest BCUT2D eigenvalue weighted by molar-refractivity contribution is 7.21. The van der Waals surface area contributed by atoms with Crippen LogP contribution in [0.1, 0.15) is 44.5 Å². The molecule has 1 N–H and O–H groups in total. The van der Waals surface area contributed by atoms with Crippen molar-refractivity contribution < 1.29 is 145 Å². The molecule has 0 heterocycles. The molecule has 10 rings (SSSR count). The minimum atomic E-state index is -6.71. The summed E-state index contributed by atoms with van der Waals surface area (Å²) in [5.41, 5.74) is -36.7. The predicted octanol–water partition coefficient (Wildman–Crippen LogP) is 18.1. The third-order valence-electron chi connectivity index (χ3n) is 18.6. The van der Waals surface area contributed by atoms with E-state index in [1.54, 1.807) is 0 Å². The van der Waals surface area contributed by atoms with E-state index in [4.69, 9.17) is 0 Å². The summed E-state index contributed by atoms with van der Waals surface area (Å²) in [6.45, 7) is 22.6. The van der Waals surface area contributed by atoms with Gasteiger partial charge in [-0.2, -0.15) is 0 Å². The van der Waals surface area contributed by atoms with E-state index in [1.165, 1.54) is 16.3 Å². The van der Waals surface area contributed by atoms with Crippen LogP contribution in [0.25, 0.3) is 48.6 Å². The summed E-state index contributed by atoms with van der Waals surface area (Å²) in [4.78, 5) is 1.37. The molecule has 2 nitrogen and oxygen atoms in total. The van der Waals surface area contributed by atoms with Gasteiger partial charge in [0, 0.05) is 0 Å². The van der Waals surface area contributed by atoms with E-state index in [1.807, 2.05) is 12.1 Å². The Bertz CT molecular complexity index is 4660. The second kappa shape index (κ2) is 35.2. The molecular formula is C81H50B2F32N2. The normalized spacial score (nSPS) is 11.5. The van der Waals surface area contributed by atoms with E-state index < -0.39 is 287 Å². The van der Waals surface area contributed by atoms with Crippen molar-refractivity contribution in [2.75, 3.05) is 35.2 Å². The quantitative estimate of drug-likeness (QED) is 0.0378. The fraction of sp³-hybridized carbons (Fsp3) is 0.0617. The Morgan fingerprint density at radius 2 is 0.325 bits per heavy atom. The molecule has 0 fully saturated rings. The molecule has 117 heavy (non-hydrogen) atoms. The molecule has 36 heteroatoms. The van der Waals surface area contributed by atoms with Crippen LogP contribution in [0.3, 0.4) is 0 Å². The Kier molecular flexibility index (Phi) is 27.7. The number of rotatable bonds is 18. The van der Waals surface area contributed by atoms with E-state index in [9.17, 15) is 0 Å². The summed E-state index contributed by atoms with van der Waals surface area (Å²) in [6.07, 6.45) is -13.3. The molecule has 0 aliphatic carbocycles. The second-order valence-electron chi connectivity index (χ2n) is 25.7. The Labute approximate surface area is 642 Å². The highest BCUT2D eigenvalue weighted by Gasteiger charge is 2.54. The van der Waals surface area contributed by atoms with Gasteiger partial charge in [0.15, 0.2) is 93.1 Å². The van der Waals surface area contributed by atoms with Crippen molar-refractivity contribution >= 4 is 116 Å². The minimum Gasteiger partial charge on any atom is -0.307 e.